The Hall–Kier alpha value is -1.73. The molecule has 0 spiro atoms. The lowest BCUT2D eigenvalue weighted by Crippen LogP contribution is -2.32. The molecule has 2 aromatic rings. The van der Waals surface area contributed by atoms with Crippen LogP contribution >= 0.6 is 0 Å². The fourth-order valence-electron chi connectivity index (χ4n) is 3.54. The van der Waals surface area contributed by atoms with Crippen LogP contribution in [-0.2, 0) is 25.4 Å². The number of aryl methyl sites for hydroxylation is 2. The maximum absolute atomic E-state index is 6.03. The maximum Gasteiger partial charge on any atom is 0.146 e. The number of aromatic nitrogens is 5. The van der Waals surface area contributed by atoms with E-state index in [0.29, 0.717) is 12.5 Å². The molecule has 24 heavy (non-hydrogen) atoms. The summed E-state index contributed by atoms with van der Waals surface area (Å²) in [4.78, 5) is 0. The van der Waals surface area contributed by atoms with Crippen LogP contribution in [0.5, 0.6) is 0 Å². The lowest BCUT2D eigenvalue weighted by Gasteiger charge is -2.20. The van der Waals surface area contributed by atoms with Gasteiger partial charge in [0, 0.05) is 43.9 Å². The molecular formula is C17H28N6O. The highest BCUT2D eigenvalue weighted by Crippen LogP contribution is 2.33. The van der Waals surface area contributed by atoms with Crippen molar-refractivity contribution in [2.24, 2.45) is 14.1 Å². The van der Waals surface area contributed by atoms with Gasteiger partial charge in [0.1, 0.15) is 17.8 Å². The van der Waals surface area contributed by atoms with E-state index < -0.39 is 0 Å². The fourth-order valence-corrected chi connectivity index (χ4v) is 3.54. The van der Waals surface area contributed by atoms with Crippen molar-refractivity contribution in [3.63, 3.8) is 0 Å². The quantitative estimate of drug-likeness (QED) is 0.906. The molecule has 0 aliphatic carbocycles. The zero-order chi connectivity index (χ0) is 17.4. The van der Waals surface area contributed by atoms with Gasteiger partial charge >= 0.3 is 0 Å². The van der Waals surface area contributed by atoms with E-state index in [1.807, 2.05) is 18.8 Å². The zero-order valence-electron chi connectivity index (χ0n) is 15.5. The molecule has 7 heteroatoms. The van der Waals surface area contributed by atoms with Crippen LogP contribution < -0.4 is 5.32 Å². The van der Waals surface area contributed by atoms with Crippen molar-refractivity contribution in [1.29, 1.82) is 0 Å². The largest absolute Gasteiger partial charge is 0.372 e. The molecule has 1 fully saturated rings. The molecule has 0 aromatic carbocycles. The van der Waals surface area contributed by atoms with E-state index in [1.54, 1.807) is 0 Å². The first kappa shape index (κ1) is 17.1. The third-order valence-corrected chi connectivity index (χ3v) is 4.98. The fraction of sp³-hybridized carbons (Fsp3) is 0.706. The molecule has 1 aliphatic rings. The topological polar surface area (TPSA) is 69.8 Å². The van der Waals surface area contributed by atoms with Crippen LogP contribution in [-0.4, -0.2) is 37.2 Å². The summed E-state index contributed by atoms with van der Waals surface area (Å²) in [6.45, 7) is 9.89. The first-order valence-corrected chi connectivity index (χ1v) is 8.63. The molecule has 0 saturated carbocycles. The van der Waals surface area contributed by atoms with Gasteiger partial charge < -0.3 is 14.6 Å². The van der Waals surface area contributed by atoms with Gasteiger partial charge in [0.25, 0.3) is 0 Å². The van der Waals surface area contributed by atoms with Crippen molar-refractivity contribution in [3.8, 4) is 0 Å². The Morgan fingerprint density at radius 1 is 1.25 bits per heavy atom. The first-order chi connectivity index (χ1) is 11.4. The smallest absolute Gasteiger partial charge is 0.146 e. The predicted molar refractivity (Wildman–Crippen MR) is 91.7 cm³/mol. The summed E-state index contributed by atoms with van der Waals surface area (Å²) >= 11 is 0. The zero-order valence-corrected chi connectivity index (χ0v) is 15.5. The average molecular weight is 332 g/mol. The number of ether oxygens (including phenoxy) is 1. The summed E-state index contributed by atoms with van der Waals surface area (Å²) in [5, 5.41) is 16.8. The number of rotatable bonds is 5. The van der Waals surface area contributed by atoms with Crippen molar-refractivity contribution in [2.75, 3.05) is 6.61 Å². The van der Waals surface area contributed by atoms with Crippen LogP contribution in [0.4, 0.5) is 0 Å². The van der Waals surface area contributed by atoms with Gasteiger partial charge in [-0.05, 0) is 20.3 Å². The van der Waals surface area contributed by atoms with Crippen LogP contribution in [0, 0.1) is 13.8 Å². The van der Waals surface area contributed by atoms with Gasteiger partial charge in [-0.3, -0.25) is 4.68 Å². The normalized spacial score (nSPS) is 21.1. The third-order valence-electron chi connectivity index (χ3n) is 4.98. The molecule has 0 bridgehead atoms. The number of hydrogen-bond donors (Lipinski definition) is 1. The van der Waals surface area contributed by atoms with Gasteiger partial charge in [0.15, 0.2) is 0 Å². The minimum atomic E-state index is 0.0523. The van der Waals surface area contributed by atoms with E-state index in [-0.39, 0.29) is 12.1 Å². The summed E-state index contributed by atoms with van der Waals surface area (Å²) in [5.74, 6) is 2.36. The maximum atomic E-state index is 6.03. The Morgan fingerprint density at radius 2 is 2.00 bits per heavy atom. The Kier molecular flexibility index (Phi) is 4.73. The second-order valence-corrected chi connectivity index (χ2v) is 6.96. The first-order valence-electron chi connectivity index (χ1n) is 8.63. The molecule has 0 amide bonds. The molecule has 1 aliphatic heterocycles. The highest BCUT2D eigenvalue weighted by atomic mass is 16.5. The minimum Gasteiger partial charge on any atom is -0.372 e. The van der Waals surface area contributed by atoms with E-state index in [0.717, 1.165) is 30.4 Å². The standard InChI is InChI=1S/C17H28N6O/c1-10(2)17-20-19-14(22(17)5)9-18-13-7-8-24-16(13)15-11(3)21-23(6)12(15)4/h10,13,16,18H,7-9H2,1-6H3/t13-,16-/m0/s1. The highest BCUT2D eigenvalue weighted by molar-refractivity contribution is 5.29. The van der Waals surface area contributed by atoms with Crippen molar-refractivity contribution in [1.82, 2.24) is 29.9 Å². The van der Waals surface area contributed by atoms with Crippen molar-refractivity contribution in [2.45, 2.75) is 58.7 Å². The SMILES string of the molecule is Cc1nn(C)c(C)c1[C@H]1OCC[C@@H]1NCc1nnc(C(C)C)n1C. The van der Waals surface area contributed by atoms with Crippen LogP contribution in [0.15, 0.2) is 0 Å². The summed E-state index contributed by atoms with van der Waals surface area (Å²) in [6, 6.07) is 0.269. The summed E-state index contributed by atoms with van der Waals surface area (Å²) in [7, 11) is 4.01. The molecule has 132 valence electrons. The monoisotopic (exact) mass is 332 g/mol. The molecular weight excluding hydrogens is 304 g/mol. The number of hydrogen-bond acceptors (Lipinski definition) is 5. The van der Waals surface area contributed by atoms with Crippen LogP contribution in [0.2, 0.25) is 0 Å². The molecule has 2 atom stereocenters. The second kappa shape index (κ2) is 6.64. The van der Waals surface area contributed by atoms with Crippen molar-refractivity contribution >= 4 is 0 Å². The molecule has 7 nitrogen and oxygen atoms in total. The Morgan fingerprint density at radius 3 is 2.58 bits per heavy atom. The molecule has 1 saturated heterocycles. The minimum absolute atomic E-state index is 0.0523. The Bertz CT molecular complexity index is 717. The second-order valence-electron chi connectivity index (χ2n) is 6.96. The van der Waals surface area contributed by atoms with Gasteiger partial charge in [0.05, 0.1) is 12.2 Å². The molecule has 3 rings (SSSR count). The van der Waals surface area contributed by atoms with E-state index in [4.69, 9.17) is 4.74 Å². The van der Waals surface area contributed by atoms with Crippen LogP contribution in [0.25, 0.3) is 0 Å². The van der Waals surface area contributed by atoms with Gasteiger partial charge in [-0.25, -0.2) is 0 Å². The lowest BCUT2D eigenvalue weighted by atomic mass is 10.0. The Labute approximate surface area is 143 Å². The van der Waals surface area contributed by atoms with Gasteiger partial charge in [-0.2, -0.15) is 5.10 Å². The highest BCUT2D eigenvalue weighted by Gasteiger charge is 2.33. The van der Waals surface area contributed by atoms with E-state index in [1.165, 1.54) is 11.3 Å². The third kappa shape index (κ3) is 2.98. The van der Waals surface area contributed by atoms with E-state index in [9.17, 15) is 0 Å². The van der Waals surface area contributed by atoms with Crippen molar-refractivity contribution in [3.05, 3.63) is 28.6 Å². The summed E-state index contributed by atoms with van der Waals surface area (Å²) < 4.78 is 10.0. The molecule has 0 radical (unpaired) electrons. The predicted octanol–water partition coefficient (Wildman–Crippen LogP) is 1.91. The van der Waals surface area contributed by atoms with E-state index >= 15 is 0 Å². The van der Waals surface area contributed by atoms with Crippen LogP contribution in [0.3, 0.4) is 0 Å². The number of nitrogens with one attached hydrogen (secondary N) is 1. The van der Waals surface area contributed by atoms with Crippen molar-refractivity contribution < 1.29 is 4.74 Å². The number of nitrogens with zero attached hydrogens (tertiary/aromatic N) is 5. The summed E-state index contributed by atoms with van der Waals surface area (Å²) in [5.41, 5.74) is 3.44. The molecule has 1 N–H and O–H groups in total. The van der Waals surface area contributed by atoms with Gasteiger partial charge in [0.2, 0.25) is 0 Å². The van der Waals surface area contributed by atoms with Gasteiger partial charge in [-0.1, -0.05) is 13.8 Å². The van der Waals surface area contributed by atoms with E-state index in [2.05, 4.69) is 52.9 Å². The molecule has 0 unspecified atom stereocenters. The summed E-state index contributed by atoms with van der Waals surface area (Å²) in [6.07, 6.45) is 1.05. The molecule has 3 heterocycles. The lowest BCUT2D eigenvalue weighted by molar-refractivity contribution is 0.0972. The van der Waals surface area contributed by atoms with Gasteiger partial charge in [-0.15, -0.1) is 10.2 Å². The Balaban J connectivity index is 1.73. The molecule has 2 aromatic heterocycles. The average Bonchev–Trinajstić information content (AvgIpc) is 3.17. The van der Waals surface area contributed by atoms with Crippen LogP contribution in [0.1, 0.15) is 60.9 Å².